The zero-order valence-electron chi connectivity index (χ0n) is 9.51. The third-order valence-corrected chi connectivity index (χ3v) is 2.60. The van der Waals surface area contributed by atoms with Crippen LogP contribution in [0.1, 0.15) is 17.0 Å². The number of hydrogen-bond acceptors (Lipinski definition) is 4. The van der Waals surface area contributed by atoms with Crippen LogP contribution >= 0.6 is 0 Å². The van der Waals surface area contributed by atoms with Crippen molar-refractivity contribution >= 4 is 0 Å². The summed E-state index contributed by atoms with van der Waals surface area (Å²) in [6, 6.07) is 1.91. The number of aryl methyl sites for hydroxylation is 1. The van der Waals surface area contributed by atoms with E-state index in [1.54, 1.807) is 12.5 Å². The summed E-state index contributed by atoms with van der Waals surface area (Å²) in [5.41, 5.74) is 3.41. The highest BCUT2D eigenvalue weighted by atomic mass is 15.3. The fraction of sp³-hybridized carbons (Fsp3) is 0.364. The Labute approximate surface area is 94.5 Å². The van der Waals surface area contributed by atoms with Gasteiger partial charge in [0.25, 0.3) is 0 Å². The number of hydrogen-bond donors (Lipinski definition) is 1. The maximum absolute atomic E-state index is 4.19. The maximum atomic E-state index is 4.19. The van der Waals surface area contributed by atoms with Crippen LogP contribution in [0.2, 0.25) is 0 Å². The Bertz CT molecular complexity index is 449. The molecule has 0 aliphatic heterocycles. The lowest BCUT2D eigenvalue weighted by Gasteiger charge is -2.03. The molecule has 84 valence electrons. The van der Waals surface area contributed by atoms with Crippen LogP contribution in [-0.4, -0.2) is 19.7 Å². The third-order valence-electron chi connectivity index (χ3n) is 2.60. The summed E-state index contributed by atoms with van der Waals surface area (Å²) in [5.74, 6) is 0. The van der Waals surface area contributed by atoms with Crippen molar-refractivity contribution in [2.24, 2.45) is 7.05 Å². The molecule has 0 bridgehead atoms. The minimum atomic E-state index is 0.747. The van der Waals surface area contributed by atoms with Crippen LogP contribution in [0.3, 0.4) is 0 Å². The van der Waals surface area contributed by atoms with Crippen LogP contribution in [0.4, 0.5) is 0 Å². The molecule has 2 heterocycles. The second-order valence-corrected chi connectivity index (χ2v) is 3.68. The van der Waals surface area contributed by atoms with E-state index < -0.39 is 0 Å². The molecule has 0 spiro atoms. The molecule has 5 heteroatoms. The zero-order chi connectivity index (χ0) is 11.4. The molecule has 0 atom stereocenters. The molecule has 0 fully saturated rings. The van der Waals surface area contributed by atoms with Gasteiger partial charge in [0.2, 0.25) is 0 Å². The first-order chi connectivity index (χ1) is 7.77. The van der Waals surface area contributed by atoms with Crippen LogP contribution in [0.5, 0.6) is 0 Å². The van der Waals surface area contributed by atoms with Crippen molar-refractivity contribution in [1.82, 2.24) is 25.1 Å². The van der Waals surface area contributed by atoms with Crippen molar-refractivity contribution in [3.63, 3.8) is 0 Å². The Morgan fingerprint density at radius 1 is 1.38 bits per heavy atom. The fourth-order valence-corrected chi connectivity index (χ4v) is 1.47. The smallest absolute Gasteiger partial charge is 0.115 e. The number of aromatic nitrogens is 4. The molecule has 0 aromatic carbocycles. The van der Waals surface area contributed by atoms with E-state index in [4.69, 9.17) is 0 Å². The van der Waals surface area contributed by atoms with E-state index in [1.807, 2.05) is 24.0 Å². The average Bonchev–Trinajstić information content (AvgIpc) is 2.62. The molecule has 0 saturated heterocycles. The zero-order valence-corrected chi connectivity index (χ0v) is 9.51. The second-order valence-electron chi connectivity index (χ2n) is 3.68. The summed E-state index contributed by atoms with van der Waals surface area (Å²) >= 11 is 0. The van der Waals surface area contributed by atoms with Gasteiger partial charge in [0.1, 0.15) is 6.33 Å². The van der Waals surface area contributed by atoms with Crippen LogP contribution in [0, 0.1) is 6.92 Å². The molecule has 0 aliphatic rings. The SMILES string of the molecule is Cc1c(CNCc2ccncn2)cnn1C. The lowest BCUT2D eigenvalue weighted by molar-refractivity contribution is 0.671. The molecular formula is C11H15N5. The van der Waals surface area contributed by atoms with Crippen LogP contribution in [0.15, 0.2) is 24.8 Å². The Morgan fingerprint density at radius 3 is 2.88 bits per heavy atom. The summed E-state index contributed by atoms with van der Waals surface area (Å²) in [6.45, 7) is 3.62. The summed E-state index contributed by atoms with van der Waals surface area (Å²) in [7, 11) is 1.95. The average molecular weight is 217 g/mol. The van der Waals surface area contributed by atoms with Gasteiger partial charge in [-0.3, -0.25) is 4.68 Å². The molecule has 0 radical (unpaired) electrons. The molecule has 0 unspecified atom stereocenters. The lowest BCUT2D eigenvalue weighted by atomic mass is 10.2. The largest absolute Gasteiger partial charge is 0.307 e. The summed E-state index contributed by atoms with van der Waals surface area (Å²) in [6.07, 6.45) is 5.20. The first kappa shape index (κ1) is 10.8. The van der Waals surface area contributed by atoms with Gasteiger partial charge in [0.15, 0.2) is 0 Å². The second kappa shape index (κ2) is 4.85. The first-order valence-corrected chi connectivity index (χ1v) is 5.20. The normalized spacial score (nSPS) is 10.6. The van der Waals surface area contributed by atoms with Crippen molar-refractivity contribution in [1.29, 1.82) is 0 Å². The highest BCUT2D eigenvalue weighted by molar-refractivity contribution is 5.15. The minimum Gasteiger partial charge on any atom is -0.307 e. The monoisotopic (exact) mass is 217 g/mol. The standard InChI is InChI=1S/C11H15N5/c1-9-10(6-15-16(9)2)5-13-7-11-3-4-12-8-14-11/h3-4,6,8,13H,5,7H2,1-2H3. The van der Waals surface area contributed by atoms with E-state index in [0.29, 0.717) is 0 Å². The topological polar surface area (TPSA) is 55.6 Å². The molecule has 0 amide bonds. The van der Waals surface area contributed by atoms with Crippen molar-refractivity contribution in [2.75, 3.05) is 0 Å². The van der Waals surface area contributed by atoms with E-state index in [-0.39, 0.29) is 0 Å². The van der Waals surface area contributed by atoms with Gasteiger partial charge < -0.3 is 5.32 Å². The molecule has 2 aromatic heterocycles. The molecule has 1 N–H and O–H groups in total. The van der Waals surface area contributed by atoms with Crippen molar-refractivity contribution < 1.29 is 0 Å². The van der Waals surface area contributed by atoms with Crippen LogP contribution < -0.4 is 5.32 Å². The quantitative estimate of drug-likeness (QED) is 0.823. The molecule has 2 aromatic rings. The van der Waals surface area contributed by atoms with Gasteiger partial charge in [-0.25, -0.2) is 9.97 Å². The molecule has 16 heavy (non-hydrogen) atoms. The fourth-order valence-electron chi connectivity index (χ4n) is 1.47. The molecule has 0 aliphatic carbocycles. The van der Waals surface area contributed by atoms with Crippen LogP contribution in [-0.2, 0) is 20.1 Å². The minimum absolute atomic E-state index is 0.747. The predicted octanol–water partition coefficient (Wildman–Crippen LogP) is 0.808. The predicted molar refractivity (Wildman–Crippen MR) is 60.5 cm³/mol. The van der Waals surface area contributed by atoms with Crippen molar-refractivity contribution in [3.05, 3.63) is 41.7 Å². The van der Waals surface area contributed by atoms with Gasteiger partial charge in [-0.2, -0.15) is 5.10 Å². The van der Waals surface area contributed by atoms with Gasteiger partial charge >= 0.3 is 0 Å². The van der Waals surface area contributed by atoms with E-state index >= 15 is 0 Å². The van der Waals surface area contributed by atoms with Gasteiger partial charge in [-0.1, -0.05) is 0 Å². The maximum Gasteiger partial charge on any atom is 0.115 e. The van der Waals surface area contributed by atoms with Crippen LogP contribution in [0.25, 0.3) is 0 Å². The third kappa shape index (κ3) is 2.43. The summed E-state index contributed by atoms with van der Waals surface area (Å²) < 4.78 is 1.88. The van der Waals surface area contributed by atoms with Gasteiger partial charge in [0, 0.05) is 37.6 Å². The Kier molecular flexibility index (Phi) is 3.26. The highest BCUT2D eigenvalue weighted by Gasteiger charge is 2.02. The number of rotatable bonds is 4. The van der Waals surface area contributed by atoms with E-state index in [1.165, 1.54) is 11.3 Å². The Balaban J connectivity index is 1.87. The Morgan fingerprint density at radius 2 is 2.25 bits per heavy atom. The first-order valence-electron chi connectivity index (χ1n) is 5.20. The molecule has 2 rings (SSSR count). The molecular weight excluding hydrogens is 202 g/mol. The van der Waals surface area contributed by atoms with Gasteiger partial charge in [-0.05, 0) is 13.0 Å². The number of nitrogens with zero attached hydrogens (tertiary/aromatic N) is 4. The van der Waals surface area contributed by atoms with Gasteiger partial charge in [0.05, 0.1) is 11.9 Å². The summed E-state index contributed by atoms with van der Waals surface area (Å²) in [4.78, 5) is 8.02. The van der Waals surface area contributed by atoms with Crippen molar-refractivity contribution in [2.45, 2.75) is 20.0 Å². The molecule has 0 saturated carbocycles. The summed E-state index contributed by atoms with van der Waals surface area (Å²) in [5, 5.41) is 7.52. The van der Waals surface area contributed by atoms with E-state index in [0.717, 1.165) is 18.8 Å². The number of nitrogens with one attached hydrogen (secondary N) is 1. The lowest BCUT2D eigenvalue weighted by Crippen LogP contribution is -2.14. The highest BCUT2D eigenvalue weighted by Crippen LogP contribution is 2.04. The van der Waals surface area contributed by atoms with E-state index in [9.17, 15) is 0 Å². The Hall–Kier alpha value is -1.75. The van der Waals surface area contributed by atoms with Gasteiger partial charge in [-0.15, -0.1) is 0 Å². The van der Waals surface area contributed by atoms with Crippen molar-refractivity contribution in [3.8, 4) is 0 Å². The van der Waals surface area contributed by atoms with E-state index in [2.05, 4.69) is 27.3 Å². The molecule has 5 nitrogen and oxygen atoms in total.